The first-order valence-electron chi connectivity index (χ1n) is 6.59. The van der Waals surface area contributed by atoms with Crippen LogP contribution in [-0.4, -0.2) is 30.1 Å². The van der Waals surface area contributed by atoms with Crippen LogP contribution in [0.4, 0.5) is 0 Å². The molecule has 2 aromatic rings. The van der Waals surface area contributed by atoms with Crippen molar-refractivity contribution in [2.24, 2.45) is 0 Å². The van der Waals surface area contributed by atoms with Crippen molar-refractivity contribution in [1.29, 1.82) is 0 Å². The molecule has 21 heavy (non-hydrogen) atoms. The summed E-state index contributed by atoms with van der Waals surface area (Å²) in [6, 6.07) is 0. The van der Waals surface area contributed by atoms with Crippen LogP contribution in [0.25, 0.3) is 0 Å². The molecule has 2 aromatic heterocycles. The van der Waals surface area contributed by atoms with Crippen LogP contribution in [0, 0.1) is 13.8 Å². The first kappa shape index (κ1) is 16.1. The highest BCUT2D eigenvalue weighted by Crippen LogP contribution is 2.18. The summed E-state index contributed by atoms with van der Waals surface area (Å²) in [5, 5.41) is 10.6. The maximum absolute atomic E-state index is 12.5. The van der Waals surface area contributed by atoms with Crippen molar-refractivity contribution in [3.63, 3.8) is 0 Å². The minimum Gasteiger partial charge on any atom is -0.311 e. The van der Waals surface area contributed by atoms with Crippen LogP contribution in [0.1, 0.15) is 28.2 Å². The van der Waals surface area contributed by atoms with Gasteiger partial charge in [-0.2, -0.15) is 5.10 Å². The molecule has 7 nitrogen and oxygen atoms in total. The molecule has 3 N–H and O–H groups in total. The van der Waals surface area contributed by atoms with Crippen LogP contribution in [0.2, 0.25) is 0 Å². The molecule has 0 aliphatic rings. The van der Waals surface area contributed by atoms with E-state index >= 15 is 0 Å². The number of aromatic amines is 1. The fourth-order valence-electron chi connectivity index (χ4n) is 1.90. The van der Waals surface area contributed by atoms with E-state index in [-0.39, 0.29) is 11.4 Å². The summed E-state index contributed by atoms with van der Waals surface area (Å²) in [7, 11) is -3.61. The third-order valence-electron chi connectivity index (χ3n) is 2.85. The minimum atomic E-state index is -3.61. The first-order valence-corrected chi connectivity index (χ1v) is 8.89. The van der Waals surface area contributed by atoms with Crippen LogP contribution < -0.4 is 10.0 Å². The van der Waals surface area contributed by atoms with Crippen molar-refractivity contribution in [2.75, 3.05) is 6.54 Å². The lowest BCUT2D eigenvalue weighted by Crippen LogP contribution is -2.25. The quantitative estimate of drug-likeness (QED) is 0.705. The molecule has 0 bridgehead atoms. The molecule has 0 aromatic carbocycles. The van der Waals surface area contributed by atoms with Crippen molar-refractivity contribution in [3.05, 3.63) is 27.5 Å². The monoisotopic (exact) mass is 329 g/mol. The summed E-state index contributed by atoms with van der Waals surface area (Å²) in [5.41, 5.74) is 1.03. The van der Waals surface area contributed by atoms with Crippen molar-refractivity contribution in [3.8, 4) is 0 Å². The topological polar surface area (TPSA) is 99.8 Å². The Morgan fingerprint density at radius 1 is 1.33 bits per heavy atom. The number of thiazole rings is 1. The molecule has 0 radical (unpaired) electrons. The molecule has 0 saturated heterocycles. The average Bonchev–Trinajstić information content (AvgIpc) is 3.00. The maximum atomic E-state index is 12.5. The molecule has 0 spiro atoms. The van der Waals surface area contributed by atoms with Gasteiger partial charge in [-0.25, -0.2) is 18.1 Å². The third-order valence-corrected chi connectivity index (χ3v) is 5.37. The highest BCUT2D eigenvalue weighted by molar-refractivity contribution is 7.89. The molecule has 0 aliphatic carbocycles. The Labute approximate surface area is 128 Å². The highest BCUT2D eigenvalue weighted by Gasteiger charge is 2.24. The summed E-state index contributed by atoms with van der Waals surface area (Å²) in [6.07, 6.45) is 1.73. The number of H-pyrrole nitrogens is 1. The Balaban J connectivity index is 2.17. The van der Waals surface area contributed by atoms with E-state index in [2.05, 4.69) is 25.2 Å². The fraction of sp³-hybridized carbons (Fsp3) is 0.500. The molecule has 0 fully saturated rings. The maximum Gasteiger partial charge on any atom is 0.244 e. The van der Waals surface area contributed by atoms with Crippen molar-refractivity contribution < 1.29 is 8.42 Å². The number of aryl methyl sites for hydroxylation is 2. The predicted molar refractivity (Wildman–Crippen MR) is 81.6 cm³/mol. The number of hydrogen-bond acceptors (Lipinski definition) is 6. The van der Waals surface area contributed by atoms with E-state index in [0.717, 1.165) is 16.4 Å². The minimum absolute atomic E-state index is 0.187. The van der Waals surface area contributed by atoms with E-state index in [4.69, 9.17) is 0 Å². The molecule has 2 rings (SSSR count). The predicted octanol–water partition coefficient (Wildman–Crippen LogP) is 1.07. The third kappa shape index (κ3) is 3.88. The van der Waals surface area contributed by atoms with Gasteiger partial charge in [-0.3, -0.25) is 5.10 Å². The van der Waals surface area contributed by atoms with E-state index in [0.29, 0.717) is 17.9 Å². The van der Waals surface area contributed by atoms with Gasteiger partial charge in [0.05, 0.1) is 17.9 Å². The van der Waals surface area contributed by atoms with E-state index in [9.17, 15) is 8.42 Å². The van der Waals surface area contributed by atoms with E-state index in [1.807, 2.05) is 13.8 Å². The second-order valence-corrected chi connectivity index (χ2v) is 7.62. The molecule has 9 heteroatoms. The Kier molecular flexibility index (Phi) is 5.09. The number of nitrogens with zero attached hydrogens (tertiary/aromatic N) is 2. The van der Waals surface area contributed by atoms with Crippen molar-refractivity contribution in [2.45, 2.75) is 38.8 Å². The molecule has 0 amide bonds. The second kappa shape index (κ2) is 6.65. The first-order chi connectivity index (χ1) is 9.94. The zero-order valence-corrected chi connectivity index (χ0v) is 13.9. The van der Waals surface area contributed by atoms with Gasteiger partial charge in [-0.05, 0) is 20.4 Å². The number of rotatable bonds is 7. The summed E-state index contributed by atoms with van der Waals surface area (Å²) < 4.78 is 27.5. The molecular weight excluding hydrogens is 310 g/mol. The number of hydrogen-bond donors (Lipinski definition) is 3. The van der Waals surface area contributed by atoms with Gasteiger partial charge in [-0.15, -0.1) is 11.3 Å². The molecule has 0 saturated carbocycles. The second-order valence-electron chi connectivity index (χ2n) is 4.59. The van der Waals surface area contributed by atoms with E-state index < -0.39 is 10.0 Å². The van der Waals surface area contributed by atoms with Crippen LogP contribution >= 0.6 is 11.3 Å². The van der Waals surface area contributed by atoms with Gasteiger partial charge in [0.2, 0.25) is 10.0 Å². The average molecular weight is 329 g/mol. The number of nitrogens with one attached hydrogen (secondary N) is 3. The zero-order valence-electron chi connectivity index (χ0n) is 12.2. The van der Waals surface area contributed by atoms with Crippen LogP contribution in [-0.2, 0) is 23.1 Å². The van der Waals surface area contributed by atoms with Gasteiger partial charge >= 0.3 is 0 Å². The Hall–Kier alpha value is -1.29. The van der Waals surface area contributed by atoms with Crippen molar-refractivity contribution in [1.82, 2.24) is 25.2 Å². The molecule has 0 unspecified atom stereocenters. The van der Waals surface area contributed by atoms with E-state index in [1.54, 1.807) is 13.1 Å². The van der Waals surface area contributed by atoms with Crippen LogP contribution in [0.3, 0.4) is 0 Å². The van der Waals surface area contributed by atoms with Gasteiger partial charge in [0.25, 0.3) is 0 Å². The Morgan fingerprint density at radius 3 is 2.71 bits per heavy atom. The highest BCUT2D eigenvalue weighted by atomic mass is 32.2. The van der Waals surface area contributed by atoms with Crippen molar-refractivity contribution >= 4 is 21.4 Å². The molecular formula is C12H19N5O2S2. The van der Waals surface area contributed by atoms with Crippen LogP contribution in [0.15, 0.2) is 11.1 Å². The Morgan fingerprint density at radius 2 is 2.10 bits per heavy atom. The van der Waals surface area contributed by atoms with Gasteiger partial charge in [-0.1, -0.05) is 6.92 Å². The van der Waals surface area contributed by atoms with Gasteiger partial charge in [0.1, 0.15) is 9.90 Å². The smallest absolute Gasteiger partial charge is 0.244 e. The molecule has 116 valence electrons. The van der Waals surface area contributed by atoms with E-state index in [1.165, 1.54) is 11.3 Å². The van der Waals surface area contributed by atoms with Crippen LogP contribution in [0.5, 0.6) is 0 Å². The lowest BCUT2D eigenvalue weighted by Gasteiger charge is -2.07. The summed E-state index contributed by atoms with van der Waals surface area (Å²) in [4.78, 5) is 5.42. The lowest BCUT2D eigenvalue weighted by atomic mass is 10.3. The molecule has 0 atom stereocenters. The molecule has 0 aliphatic heterocycles. The largest absolute Gasteiger partial charge is 0.311 e. The summed E-state index contributed by atoms with van der Waals surface area (Å²) in [5.74, 6) is 0. The molecule has 2 heterocycles. The number of sulfonamides is 1. The summed E-state index contributed by atoms with van der Waals surface area (Å²) >= 11 is 1.47. The standard InChI is InChI=1S/C12H19N5O2S2/c1-4-13-6-10-12(9(3)16-17-10)21(18,19)15-7-11-14-5-8(2)20-11/h5,13,15H,4,6-7H2,1-3H3,(H,16,17). The van der Waals surface area contributed by atoms with Gasteiger partial charge < -0.3 is 5.32 Å². The van der Waals surface area contributed by atoms with Gasteiger partial charge in [0, 0.05) is 17.6 Å². The van der Waals surface area contributed by atoms with Gasteiger partial charge in [0.15, 0.2) is 0 Å². The fourth-order valence-corrected chi connectivity index (χ4v) is 4.07. The Bertz CT molecular complexity index is 705. The SMILES string of the molecule is CCNCc1n[nH]c(C)c1S(=O)(=O)NCc1ncc(C)s1. The lowest BCUT2D eigenvalue weighted by molar-refractivity contribution is 0.577. The zero-order chi connectivity index (χ0) is 15.5. The normalized spacial score (nSPS) is 12.0. The summed E-state index contributed by atoms with van der Waals surface area (Å²) in [6.45, 7) is 6.93. The number of aromatic nitrogens is 3.